The number of nitrogens with two attached hydrogens (primary N) is 1. The van der Waals surface area contributed by atoms with Crippen LogP contribution in [-0.2, 0) is 6.54 Å². The van der Waals surface area contributed by atoms with Crippen LogP contribution in [0.15, 0.2) is 30.6 Å². The maximum Gasteiger partial charge on any atom is 0.230 e. The summed E-state index contributed by atoms with van der Waals surface area (Å²) in [5.41, 5.74) is 7.90. The van der Waals surface area contributed by atoms with Crippen LogP contribution in [0.4, 0.5) is 5.69 Å². The first-order chi connectivity index (χ1) is 8.63. The summed E-state index contributed by atoms with van der Waals surface area (Å²) < 4.78 is 1.87. The number of nitrogen functional groups attached to an aromatic ring is 1. The minimum Gasteiger partial charge on any atom is -0.398 e. The van der Waals surface area contributed by atoms with E-state index in [1.807, 2.05) is 29.8 Å². The van der Waals surface area contributed by atoms with Crippen LogP contribution in [-0.4, -0.2) is 15.3 Å². The van der Waals surface area contributed by atoms with Crippen molar-refractivity contribution in [2.75, 3.05) is 5.73 Å². The van der Waals surface area contributed by atoms with Crippen molar-refractivity contribution in [1.82, 2.24) is 9.55 Å². The Hall–Kier alpha value is -2.10. The van der Waals surface area contributed by atoms with Gasteiger partial charge in [0.15, 0.2) is 5.82 Å². The van der Waals surface area contributed by atoms with Crippen LogP contribution in [0.2, 0.25) is 0 Å². The van der Waals surface area contributed by atoms with Crippen molar-refractivity contribution in [3.05, 3.63) is 47.5 Å². The summed E-state index contributed by atoms with van der Waals surface area (Å²) in [6.07, 6.45) is 4.43. The Kier molecular flexibility index (Phi) is 3.46. The second-order valence-corrected chi connectivity index (χ2v) is 4.36. The first kappa shape index (κ1) is 12.4. The highest BCUT2D eigenvalue weighted by atomic mass is 16.1. The Balaban J connectivity index is 2.41. The average molecular weight is 243 g/mol. The number of nitrogens with zero attached hydrogens (tertiary/aromatic N) is 2. The molecule has 0 saturated carbocycles. The molecule has 0 atom stereocenters. The summed E-state index contributed by atoms with van der Waals surface area (Å²) in [6, 6.07) is 5.46. The van der Waals surface area contributed by atoms with Crippen LogP contribution in [0.5, 0.6) is 0 Å². The number of aryl methyl sites for hydroxylation is 2. The lowest BCUT2D eigenvalue weighted by Gasteiger charge is -2.08. The van der Waals surface area contributed by atoms with E-state index in [-0.39, 0.29) is 5.78 Å². The number of imidazole rings is 1. The van der Waals surface area contributed by atoms with Gasteiger partial charge in [0.2, 0.25) is 5.78 Å². The zero-order valence-corrected chi connectivity index (χ0v) is 10.7. The SMILES string of the molecule is CCCn1ccnc1C(=O)c1cc(C)ccc1N. The molecule has 0 unspecified atom stereocenters. The van der Waals surface area contributed by atoms with Gasteiger partial charge < -0.3 is 10.3 Å². The maximum atomic E-state index is 12.4. The molecule has 0 spiro atoms. The highest BCUT2D eigenvalue weighted by molar-refractivity contribution is 6.10. The summed E-state index contributed by atoms with van der Waals surface area (Å²) in [5, 5.41) is 0. The summed E-state index contributed by atoms with van der Waals surface area (Å²) in [6.45, 7) is 4.79. The highest BCUT2D eigenvalue weighted by Crippen LogP contribution is 2.17. The van der Waals surface area contributed by atoms with Crippen molar-refractivity contribution >= 4 is 11.5 Å². The molecular weight excluding hydrogens is 226 g/mol. The van der Waals surface area contributed by atoms with Crippen LogP contribution in [0.25, 0.3) is 0 Å². The minimum absolute atomic E-state index is 0.116. The molecule has 0 amide bonds. The van der Waals surface area contributed by atoms with E-state index < -0.39 is 0 Å². The normalized spacial score (nSPS) is 10.6. The molecule has 1 aromatic carbocycles. The number of aromatic nitrogens is 2. The van der Waals surface area contributed by atoms with E-state index in [1.165, 1.54) is 0 Å². The quantitative estimate of drug-likeness (QED) is 0.662. The van der Waals surface area contributed by atoms with Gasteiger partial charge in [0.1, 0.15) is 0 Å². The van der Waals surface area contributed by atoms with Gasteiger partial charge in [-0.3, -0.25) is 4.79 Å². The number of carbonyl (C=O) groups excluding carboxylic acids is 1. The summed E-state index contributed by atoms with van der Waals surface area (Å²) in [4.78, 5) is 16.6. The van der Waals surface area contributed by atoms with Crippen LogP contribution in [0, 0.1) is 6.92 Å². The first-order valence-electron chi connectivity index (χ1n) is 6.05. The number of ketones is 1. The van der Waals surface area contributed by atoms with E-state index in [2.05, 4.69) is 11.9 Å². The van der Waals surface area contributed by atoms with Gasteiger partial charge in [0.05, 0.1) is 0 Å². The van der Waals surface area contributed by atoms with Gasteiger partial charge in [-0.1, -0.05) is 18.6 Å². The third-order valence-electron chi connectivity index (χ3n) is 2.84. The van der Waals surface area contributed by atoms with E-state index in [1.54, 1.807) is 12.3 Å². The van der Waals surface area contributed by atoms with Crippen molar-refractivity contribution in [1.29, 1.82) is 0 Å². The Morgan fingerprint density at radius 1 is 1.44 bits per heavy atom. The topological polar surface area (TPSA) is 60.9 Å². The van der Waals surface area contributed by atoms with E-state index in [0.29, 0.717) is 17.1 Å². The molecule has 0 aliphatic heterocycles. The van der Waals surface area contributed by atoms with Crippen LogP contribution >= 0.6 is 0 Å². The molecule has 1 heterocycles. The van der Waals surface area contributed by atoms with Crippen LogP contribution in [0.3, 0.4) is 0 Å². The standard InChI is InChI=1S/C14H17N3O/c1-3-7-17-8-6-16-14(17)13(18)11-9-10(2)4-5-12(11)15/h4-6,8-9H,3,7,15H2,1-2H3. The Bertz CT molecular complexity index is 572. The van der Waals surface area contributed by atoms with E-state index in [0.717, 1.165) is 18.5 Å². The molecule has 0 aliphatic carbocycles. The molecule has 0 radical (unpaired) electrons. The average Bonchev–Trinajstić information content (AvgIpc) is 2.80. The molecule has 0 aliphatic rings. The van der Waals surface area contributed by atoms with Crippen LogP contribution < -0.4 is 5.73 Å². The fraction of sp³-hybridized carbons (Fsp3) is 0.286. The zero-order valence-electron chi connectivity index (χ0n) is 10.7. The largest absolute Gasteiger partial charge is 0.398 e. The maximum absolute atomic E-state index is 12.4. The molecule has 0 saturated heterocycles. The molecule has 0 bridgehead atoms. The van der Waals surface area contributed by atoms with E-state index in [9.17, 15) is 4.79 Å². The van der Waals surface area contributed by atoms with Crippen molar-refractivity contribution in [3.63, 3.8) is 0 Å². The van der Waals surface area contributed by atoms with Crippen molar-refractivity contribution in [3.8, 4) is 0 Å². The molecule has 4 heteroatoms. The van der Waals surface area contributed by atoms with Crippen molar-refractivity contribution in [2.45, 2.75) is 26.8 Å². The molecule has 94 valence electrons. The summed E-state index contributed by atoms with van der Waals surface area (Å²) in [7, 11) is 0. The van der Waals surface area contributed by atoms with Crippen molar-refractivity contribution in [2.24, 2.45) is 0 Å². The number of carbonyl (C=O) groups is 1. The third kappa shape index (κ3) is 2.27. The lowest BCUT2D eigenvalue weighted by Crippen LogP contribution is -2.13. The molecule has 2 aromatic rings. The molecule has 2 N–H and O–H groups in total. The number of benzene rings is 1. The fourth-order valence-corrected chi connectivity index (χ4v) is 1.93. The van der Waals surface area contributed by atoms with E-state index >= 15 is 0 Å². The van der Waals surface area contributed by atoms with Gasteiger partial charge >= 0.3 is 0 Å². The van der Waals surface area contributed by atoms with Crippen LogP contribution in [0.1, 0.15) is 35.1 Å². The number of hydrogen-bond acceptors (Lipinski definition) is 3. The predicted molar refractivity (Wildman–Crippen MR) is 71.5 cm³/mol. The first-order valence-corrected chi connectivity index (χ1v) is 6.05. The molecule has 2 rings (SSSR count). The number of hydrogen-bond donors (Lipinski definition) is 1. The third-order valence-corrected chi connectivity index (χ3v) is 2.84. The number of rotatable bonds is 4. The smallest absolute Gasteiger partial charge is 0.230 e. The lowest BCUT2D eigenvalue weighted by atomic mass is 10.1. The van der Waals surface area contributed by atoms with Gasteiger partial charge in [-0.05, 0) is 25.5 Å². The Morgan fingerprint density at radius 3 is 2.94 bits per heavy atom. The van der Waals surface area contributed by atoms with Gasteiger partial charge in [-0.15, -0.1) is 0 Å². The van der Waals surface area contributed by atoms with Gasteiger partial charge in [0.25, 0.3) is 0 Å². The lowest BCUT2D eigenvalue weighted by molar-refractivity contribution is 0.102. The molecular formula is C14H17N3O. The van der Waals surface area contributed by atoms with Gasteiger partial charge in [0, 0.05) is 30.2 Å². The summed E-state index contributed by atoms with van der Waals surface area (Å²) >= 11 is 0. The minimum atomic E-state index is -0.116. The Morgan fingerprint density at radius 2 is 2.22 bits per heavy atom. The second kappa shape index (κ2) is 5.04. The monoisotopic (exact) mass is 243 g/mol. The molecule has 18 heavy (non-hydrogen) atoms. The highest BCUT2D eigenvalue weighted by Gasteiger charge is 2.17. The fourth-order valence-electron chi connectivity index (χ4n) is 1.93. The molecule has 0 fully saturated rings. The second-order valence-electron chi connectivity index (χ2n) is 4.36. The zero-order chi connectivity index (χ0) is 13.1. The predicted octanol–water partition coefficient (Wildman–Crippen LogP) is 2.41. The van der Waals surface area contributed by atoms with Crippen molar-refractivity contribution < 1.29 is 4.79 Å². The Labute approximate surface area is 106 Å². The molecule has 1 aromatic heterocycles. The van der Waals surface area contributed by atoms with Gasteiger partial charge in [-0.25, -0.2) is 4.98 Å². The number of anilines is 1. The van der Waals surface area contributed by atoms with Gasteiger partial charge in [-0.2, -0.15) is 0 Å². The van der Waals surface area contributed by atoms with E-state index in [4.69, 9.17) is 5.73 Å². The molecule has 4 nitrogen and oxygen atoms in total. The summed E-state index contributed by atoms with van der Waals surface area (Å²) in [5.74, 6) is 0.337.